The van der Waals surface area contributed by atoms with Crippen LogP contribution in [-0.4, -0.2) is 43.8 Å². The minimum atomic E-state index is -4.09. The predicted octanol–water partition coefficient (Wildman–Crippen LogP) is 6.13. The van der Waals surface area contributed by atoms with Crippen molar-refractivity contribution in [2.24, 2.45) is 0 Å². The highest BCUT2D eigenvalue weighted by Crippen LogP contribution is 2.27. The van der Waals surface area contributed by atoms with Gasteiger partial charge in [0.1, 0.15) is 12.6 Å². The largest absolute Gasteiger partial charge is 0.352 e. The van der Waals surface area contributed by atoms with Gasteiger partial charge in [-0.2, -0.15) is 0 Å². The minimum Gasteiger partial charge on any atom is -0.352 e. The van der Waals surface area contributed by atoms with Gasteiger partial charge in [0.15, 0.2) is 0 Å². The van der Waals surface area contributed by atoms with Crippen LogP contribution in [0.15, 0.2) is 82.2 Å². The number of anilines is 1. The van der Waals surface area contributed by atoms with Gasteiger partial charge < -0.3 is 10.2 Å². The first-order valence-electron chi connectivity index (χ1n) is 14.0. The van der Waals surface area contributed by atoms with Gasteiger partial charge in [0.25, 0.3) is 10.0 Å². The lowest BCUT2D eigenvalue weighted by Crippen LogP contribution is -2.53. The number of aryl methyl sites for hydroxylation is 2. The van der Waals surface area contributed by atoms with Gasteiger partial charge in [0.05, 0.1) is 10.6 Å². The number of nitrogens with zero attached hydrogens (tertiary/aromatic N) is 2. The molecule has 1 saturated carbocycles. The summed E-state index contributed by atoms with van der Waals surface area (Å²) in [6.07, 6.45) is 5.16. The molecule has 0 spiro atoms. The Morgan fingerprint density at radius 3 is 2.22 bits per heavy atom. The molecule has 0 bridgehead atoms. The molecule has 1 N–H and O–H groups in total. The quantitative estimate of drug-likeness (QED) is 0.289. The summed E-state index contributed by atoms with van der Waals surface area (Å²) in [7, 11) is -4.09. The summed E-state index contributed by atoms with van der Waals surface area (Å²) >= 11 is 3.49. The monoisotopic (exact) mass is 639 g/mol. The van der Waals surface area contributed by atoms with Gasteiger partial charge >= 0.3 is 0 Å². The summed E-state index contributed by atoms with van der Waals surface area (Å²) in [6, 6.07) is 20.4. The Labute approximate surface area is 252 Å². The van der Waals surface area contributed by atoms with E-state index in [-0.39, 0.29) is 23.4 Å². The van der Waals surface area contributed by atoms with Gasteiger partial charge in [0.2, 0.25) is 11.8 Å². The van der Waals surface area contributed by atoms with Crippen LogP contribution in [0.2, 0.25) is 0 Å². The third kappa shape index (κ3) is 7.98. The van der Waals surface area contributed by atoms with Gasteiger partial charge in [-0.3, -0.25) is 13.9 Å². The molecule has 3 aromatic rings. The molecule has 3 aromatic carbocycles. The van der Waals surface area contributed by atoms with Crippen molar-refractivity contribution in [1.29, 1.82) is 0 Å². The first-order chi connectivity index (χ1) is 19.5. The van der Waals surface area contributed by atoms with Crippen LogP contribution in [0.3, 0.4) is 0 Å². The second-order valence-corrected chi connectivity index (χ2v) is 13.6. The van der Waals surface area contributed by atoms with Crippen LogP contribution in [0, 0.1) is 13.8 Å². The van der Waals surface area contributed by atoms with Crippen molar-refractivity contribution in [2.45, 2.75) is 76.4 Å². The van der Waals surface area contributed by atoms with E-state index in [1.807, 2.05) is 44.2 Å². The van der Waals surface area contributed by atoms with Crippen LogP contribution in [0.5, 0.6) is 0 Å². The highest BCUT2D eigenvalue weighted by Gasteiger charge is 2.33. The normalized spacial score (nSPS) is 14.7. The third-order valence-corrected chi connectivity index (χ3v) is 9.75. The van der Waals surface area contributed by atoms with Crippen LogP contribution >= 0.6 is 15.9 Å². The van der Waals surface area contributed by atoms with Gasteiger partial charge in [-0.25, -0.2) is 8.42 Å². The number of rotatable bonds is 10. The summed E-state index contributed by atoms with van der Waals surface area (Å²) in [5, 5.41) is 3.13. The SMILES string of the molecule is Cc1cc(C)cc(N(CC(=O)N(Cc2cccc(Br)c2)[C@@H](C)C(=O)NC2CCCCC2)S(=O)(=O)c2ccccc2)c1. The average molecular weight is 641 g/mol. The molecule has 1 fully saturated rings. The molecule has 0 saturated heterocycles. The Bertz CT molecular complexity index is 1450. The summed E-state index contributed by atoms with van der Waals surface area (Å²) in [5.41, 5.74) is 2.99. The first-order valence-corrected chi connectivity index (χ1v) is 16.3. The number of nitrogens with one attached hydrogen (secondary N) is 1. The van der Waals surface area contributed by atoms with E-state index < -0.39 is 28.5 Å². The lowest BCUT2D eigenvalue weighted by atomic mass is 9.95. The van der Waals surface area contributed by atoms with Crippen LogP contribution in [0.25, 0.3) is 0 Å². The van der Waals surface area contributed by atoms with Crippen LogP contribution < -0.4 is 9.62 Å². The maximum atomic E-state index is 14.1. The zero-order valence-corrected chi connectivity index (χ0v) is 26.2. The van der Waals surface area contributed by atoms with Gasteiger partial charge in [-0.15, -0.1) is 0 Å². The van der Waals surface area contributed by atoms with E-state index >= 15 is 0 Å². The molecule has 7 nitrogen and oxygen atoms in total. The van der Waals surface area contributed by atoms with Crippen molar-refractivity contribution in [3.63, 3.8) is 0 Å². The topological polar surface area (TPSA) is 86.8 Å². The van der Waals surface area contributed by atoms with E-state index in [2.05, 4.69) is 21.2 Å². The Kier molecular flexibility index (Phi) is 10.3. The smallest absolute Gasteiger partial charge is 0.264 e. The number of sulfonamides is 1. The summed E-state index contributed by atoms with van der Waals surface area (Å²) in [4.78, 5) is 29.1. The molecule has 41 heavy (non-hydrogen) atoms. The molecule has 1 aliphatic carbocycles. The molecule has 0 aromatic heterocycles. The Morgan fingerprint density at radius 2 is 1.59 bits per heavy atom. The van der Waals surface area contributed by atoms with Crippen molar-refractivity contribution in [3.8, 4) is 0 Å². The fourth-order valence-electron chi connectivity index (χ4n) is 5.33. The summed E-state index contributed by atoms with van der Waals surface area (Å²) in [5.74, 6) is -0.695. The summed E-state index contributed by atoms with van der Waals surface area (Å²) in [6.45, 7) is 5.20. The number of hydrogen-bond acceptors (Lipinski definition) is 4. The molecule has 0 radical (unpaired) electrons. The molecule has 218 valence electrons. The molecule has 1 aliphatic rings. The molecule has 0 heterocycles. The Morgan fingerprint density at radius 1 is 0.927 bits per heavy atom. The molecule has 0 aliphatic heterocycles. The third-order valence-electron chi connectivity index (χ3n) is 7.47. The van der Waals surface area contributed by atoms with Gasteiger partial charge in [-0.05, 0) is 86.7 Å². The van der Waals surface area contributed by atoms with E-state index in [4.69, 9.17) is 0 Å². The molecule has 2 amide bonds. The zero-order chi connectivity index (χ0) is 29.6. The van der Waals surface area contributed by atoms with Crippen molar-refractivity contribution in [1.82, 2.24) is 10.2 Å². The molecule has 0 unspecified atom stereocenters. The number of amides is 2. The standard InChI is InChI=1S/C32H38BrN3O4S/c1-23-17-24(2)19-29(18-23)36(41(39,40)30-15-8-5-9-16-30)22-31(37)35(21-26-11-10-12-27(33)20-26)25(3)32(38)34-28-13-6-4-7-14-28/h5,8-12,15-20,25,28H,4,6-7,13-14,21-22H2,1-3H3,(H,34,38)/t25-/m0/s1. The Hall–Kier alpha value is -3.17. The van der Waals surface area contributed by atoms with Crippen molar-refractivity contribution in [3.05, 3.63) is 94.0 Å². The highest BCUT2D eigenvalue weighted by molar-refractivity contribution is 9.10. The van der Waals surface area contributed by atoms with E-state index in [0.717, 1.165) is 51.2 Å². The average Bonchev–Trinajstić information content (AvgIpc) is 2.94. The Balaban J connectivity index is 1.69. The van der Waals surface area contributed by atoms with Gasteiger partial charge in [0, 0.05) is 17.1 Å². The van der Waals surface area contributed by atoms with E-state index in [1.165, 1.54) is 23.5 Å². The number of benzene rings is 3. The number of carbonyl (C=O) groups is 2. The number of halogens is 1. The summed E-state index contributed by atoms with van der Waals surface area (Å²) < 4.78 is 29.9. The van der Waals surface area contributed by atoms with Crippen molar-refractivity contribution in [2.75, 3.05) is 10.8 Å². The van der Waals surface area contributed by atoms with Crippen LogP contribution in [-0.2, 0) is 26.2 Å². The van der Waals surface area contributed by atoms with E-state index in [1.54, 1.807) is 37.3 Å². The maximum absolute atomic E-state index is 14.1. The number of carbonyl (C=O) groups excluding carboxylic acids is 2. The molecule has 4 rings (SSSR count). The predicted molar refractivity (Wildman–Crippen MR) is 166 cm³/mol. The highest BCUT2D eigenvalue weighted by atomic mass is 79.9. The molecular formula is C32H38BrN3O4S. The molecule has 9 heteroatoms. The fraction of sp³-hybridized carbons (Fsp3) is 0.375. The second kappa shape index (κ2) is 13.7. The maximum Gasteiger partial charge on any atom is 0.264 e. The van der Waals surface area contributed by atoms with Gasteiger partial charge in [-0.1, -0.05) is 71.6 Å². The van der Waals surface area contributed by atoms with E-state index in [9.17, 15) is 18.0 Å². The lowest BCUT2D eigenvalue weighted by Gasteiger charge is -2.33. The fourth-order valence-corrected chi connectivity index (χ4v) is 7.19. The zero-order valence-electron chi connectivity index (χ0n) is 23.8. The van der Waals surface area contributed by atoms with Crippen LogP contribution in [0.1, 0.15) is 55.7 Å². The molecular weight excluding hydrogens is 602 g/mol. The lowest BCUT2D eigenvalue weighted by molar-refractivity contribution is -0.139. The second-order valence-electron chi connectivity index (χ2n) is 10.8. The van der Waals surface area contributed by atoms with Crippen molar-refractivity contribution >= 4 is 43.5 Å². The minimum absolute atomic E-state index is 0.0896. The van der Waals surface area contributed by atoms with Crippen molar-refractivity contribution < 1.29 is 18.0 Å². The first kappa shape index (κ1) is 30.8. The molecule has 1 atom stereocenters. The number of hydrogen-bond donors (Lipinski definition) is 1. The van der Waals surface area contributed by atoms with Crippen LogP contribution in [0.4, 0.5) is 5.69 Å². The van der Waals surface area contributed by atoms with E-state index in [0.29, 0.717) is 5.69 Å².